The van der Waals surface area contributed by atoms with E-state index in [0.717, 1.165) is 12.8 Å². The zero-order valence-corrected chi connectivity index (χ0v) is 8.38. The first kappa shape index (κ1) is 11.8. The Morgan fingerprint density at radius 1 is 1.50 bits per heavy atom. The molecule has 0 aliphatic carbocycles. The molecule has 1 aliphatic rings. The average molecular weight is 208 g/mol. The van der Waals surface area contributed by atoms with Gasteiger partial charge in [0.25, 0.3) is 6.43 Å². The molecule has 3 unspecified atom stereocenters. The Morgan fingerprint density at radius 3 is 2.64 bits per heavy atom. The average Bonchev–Trinajstić information content (AvgIpc) is 2.53. The fourth-order valence-corrected chi connectivity index (χ4v) is 1.74. The molecule has 0 spiro atoms. The molecule has 3 nitrogen and oxygen atoms in total. The van der Waals surface area contributed by atoms with Gasteiger partial charge in [0.1, 0.15) is 0 Å². The minimum Gasteiger partial charge on any atom is -0.374 e. The topological polar surface area (TPSA) is 47.3 Å². The van der Waals surface area contributed by atoms with Crippen molar-refractivity contribution in [2.24, 2.45) is 5.73 Å². The highest BCUT2D eigenvalue weighted by molar-refractivity contribution is 4.83. The normalized spacial score (nSPS) is 29.8. The smallest absolute Gasteiger partial charge is 0.250 e. The molecule has 1 fully saturated rings. The summed E-state index contributed by atoms with van der Waals surface area (Å²) in [6, 6.07) is -0.144. The van der Waals surface area contributed by atoms with Crippen molar-refractivity contribution in [3.63, 3.8) is 0 Å². The van der Waals surface area contributed by atoms with Crippen molar-refractivity contribution in [2.75, 3.05) is 13.1 Å². The number of alkyl halides is 2. The van der Waals surface area contributed by atoms with Gasteiger partial charge in [-0.15, -0.1) is 0 Å². The fourth-order valence-electron chi connectivity index (χ4n) is 1.74. The lowest BCUT2D eigenvalue weighted by atomic mass is 10.1. The highest BCUT2D eigenvalue weighted by Crippen LogP contribution is 2.21. The molecule has 0 aromatic heterocycles. The molecule has 0 amide bonds. The van der Waals surface area contributed by atoms with Crippen LogP contribution < -0.4 is 11.1 Å². The molecule has 1 heterocycles. The number of nitrogens with one attached hydrogen (secondary N) is 1. The predicted octanol–water partition coefficient (Wildman–Crippen LogP) is 0.736. The Hall–Kier alpha value is -0.260. The van der Waals surface area contributed by atoms with E-state index in [-0.39, 0.29) is 24.8 Å². The Kier molecular flexibility index (Phi) is 4.71. The molecule has 84 valence electrons. The first-order valence-electron chi connectivity index (χ1n) is 5.00. The summed E-state index contributed by atoms with van der Waals surface area (Å²) in [4.78, 5) is 0. The molecular weight excluding hydrogens is 190 g/mol. The van der Waals surface area contributed by atoms with Crippen LogP contribution >= 0.6 is 0 Å². The van der Waals surface area contributed by atoms with Crippen LogP contribution in [-0.2, 0) is 4.74 Å². The van der Waals surface area contributed by atoms with Gasteiger partial charge in [-0.25, -0.2) is 8.78 Å². The number of halogens is 2. The Morgan fingerprint density at radius 2 is 2.21 bits per heavy atom. The van der Waals surface area contributed by atoms with Gasteiger partial charge in [0.05, 0.1) is 18.8 Å². The largest absolute Gasteiger partial charge is 0.374 e. The van der Waals surface area contributed by atoms with Crippen molar-refractivity contribution in [3.8, 4) is 0 Å². The van der Waals surface area contributed by atoms with Crippen LogP contribution in [-0.4, -0.2) is 37.8 Å². The van der Waals surface area contributed by atoms with Gasteiger partial charge in [-0.1, -0.05) is 0 Å². The highest BCUT2D eigenvalue weighted by atomic mass is 19.3. The molecule has 1 saturated heterocycles. The van der Waals surface area contributed by atoms with Gasteiger partial charge in [-0.3, -0.25) is 0 Å². The number of rotatable bonds is 5. The van der Waals surface area contributed by atoms with Crippen molar-refractivity contribution in [3.05, 3.63) is 0 Å². The van der Waals surface area contributed by atoms with Gasteiger partial charge in [-0.2, -0.15) is 0 Å². The molecule has 0 bridgehead atoms. The lowest BCUT2D eigenvalue weighted by Gasteiger charge is -2.23. The molecule has 3 atom stereocenters. The van der Waals surface area contributed by atoms with Crippen molar-refractivity contribution in [2.45, 2.75) is 44.4 Å². The van der Waals surface area contributed by atoms with Crippen LogP contribution in [0.3, 0.4) is 0 Å². The van der Waals surface area contributed by atoms with E-state index < -0.39 is 6.43 Å². The Balaban J connectivity index is 2.30. The Labute approximate surface area is 83.0 Å². The number of hydrogen-bond acceptors (Lipinski definition) is 3. The molecule has 1 rings (SSSR count). The molecule has 0 saturated carbocycles. The van der Waals surface area contributed by atoms with E-state index in [4.69, 9.17) is 10.5 Å². The standard InChI is InChI=1S/C9H18F2N2O/c1-6-2-3-8(14-6)7(4-12)13-5-9(10)11/h6-9,13H,2-5,12H2,1H3. The summed E-state index contributed by atoms with van der Waals surface area (Å²) in [6.45, 7) is 2.01. The predicted molar refractivity (Wildman–Crippen MR) is 50.4 cm³/mol. The second-order valence-corrected chi connectivity index (χ2v) is 3.70. The molecule has 0 aromatic rings. The Bertz CT molecular complexity index is 169. The zero-order chi connectivity index (χ0) is 10.6. The number of ether oxygens (including phenoxy) is 1. The second-order valence-electron chi connectivity index (χ2n) is 3.70. The molecule has 14 heavy (non-hydrogen) atoms. The monoisotopic (exact) mass is 208 g/mol. The summed E-state index contributed by atoms with van der Waals surface area (Å²) in [7, 11) is 0. The van der Waals surface area contributed by atoms with Crippen molar-refractivity contribution >= 4 is 0 Å². The van der Waals surface area contributed by atoms with Crippen molar-refractivity contribution in [1.82, 2.24) is 5.32 Å². The van der Waals surface area contributed by atoms with E-state index in [9.17, 15) is 8.78 Å². The third-order valence-electron chi connectivity index (χ3n) is 2.50. The van der Waals surface area contributed by atoms with Gasteiger partial charge >= 0.3 is 0 Å². The molecule has 5 heteroatoms. The van der Waals surface area contributed by atoms with Gasteiger partial charge in [0.2, 0.25) is 0 Å². The van der Waals surface area contributed by atoms with E-state index in [1.165, 1.54) is 0 Å². The lowest BCUT2D eigenvalue weighted by molar-refractivity contribution is 0.0291. The molecule has 0 radical (unpaired) electrons. The van der Waals surface area contributed by atoms with E-state index >= 15 is 0 Å². The molecule has 3 N–H and O–H groups in total. The summed E-state index contributed by atoms with van der Waals surface area (Å²) >= 11 is 0. The van der Waals surface area contributed by atoms with Crippen LogP contribution in [0, 0.1) is 0 Å². The van der Waals surface area contributed by atoms with Gasteiger partial charge in [-0.05, 0) is 19.8 Å². The SMILES string of the molecule is CC1CCC(C(CN)NCC(F)F)O1. The van der Waals surface area contributed by atoms with Crippen LogP contribution in [0.2, 0.25) is 0 Å². The third-order valence-corrected chi connectivity index (χ3v) is 2.50. The zero-order valence-electron chi connectivity index (χ0n) is 8.38. The first-order chi connectivity index (χ1) is 6.63. The summed E-state index contributed by atoms with van der Waals surface area (Å²) in [5, 5.41) is 2.73. The summed E-state index contributed by atoms with van der Waals surface area (Å²) in [5.74, 6) is 0. The van der Waals surface area contributed by atoms with E-state index in [0.29, 0.717) is 6.54 Å². The molecule has 1 aliphatic heterocycles. The quantitative estimate of drug-likeness (QED) is 0.700. The fraction of sp³-hybridized carbons (Fsp3) is 1.00. The van der Waals surface area contributed by atoms with Crippen LogP contribution in [0.4, 0.5) is 8.78 Å². The van der Waals surface area contributed by atoms with Crippen molar-refractivity contribution in [1.29, 1.82) is 0 Å². The highest BCUT2D eigenvalue weighted by Gasteiger charge is 2.28. The summed E-state index contributed by atoms with van der Waals surface area (Å²) < 4.78 is 29.5. The van der Waals surface area contributed by atoms with Crippen LogP contribution in [0.5, 0.6) is 0 Å². The molecule has 0 aromatic carbocycles. The van der Waals surface area contributed by atoms with Gasteiger partial charge < -0.3 is 15.8 Å². The van der Waals surface area contributed by atoms with Crippen LogP contribution in [0.15, 0.2) is 0 Å². The van der Waals surface area contributed by atoms with Gasteiger partial charge in [0, 0.05) is 12.6 Å². The lowest BCUT2D eigenvalue weighted by Crippen LogP contribution is -2.47. The summed E-state index contributed by atoms with van der Waals surface area (Å²) in [6.07, 6.45) is -0.226. The van der Waals surface area contributed by atoms with Gasteiger partial charge in [0.15, 0.2) is 0 Å². The maximum atomic E-state index is 12.0. The second kappa shape index (κ2) is 5.58. The maximum Gasteiger partial charge on any atom is 0.250 e. The first-order valence-corrected chi connectivity index (χ1v) is 5.00. The molecular formula is C9H18F2N2O. The third kappa shape index (κ3) is 3.48. The minimum absolute atomic E-state index is 0.00579. The maximum absolute atomic E-state index is 12.0. The van der Waals surface area contributed by atoms with Crippen LogP contribution in [0.25, 0.3) is 0 Å². The summed E-state index contributed by atoms with van der Waals surface area (Å²) in [5.41, 5.74) is 5.50. The van der Waals surface area contributed by atoms with Crippen molar-refractivity contribution < 1.29 is 13.5 Å². The number of hydrogen-bond donors (Lipinski definition) is 2. The van der Waals surface area contributed by atoms with Crippen LogP contribution in [0.1, 0.15) is 19.8 Å². The van der Waals surface area contributed by atoms with E-state index in [1.54, 1.807) is 0 Å². The minimum atomic E-state index is -2.33. The van der Waals surface area contributed by atoms with E-state index in [2.05, 4.69) is 5.32 Å². The van der Waals surface area contributed by atoms with E-state index in [1.807, 2.05) is 6.92 Å². The number of nitrogens with two attached hydrogens (primary N) is 1.